The van der Waals surface area contributed by atoms with E-state index in [4.69, 9.17) is 15.7 Å². The Morgan fingerprint density at radius 3 is 2.67 bits per heavy atom. The van der Waals surface area contributed by atoms with Crippen LogP contribution < -0.4 is 5.73 Å². The van der Waals surface area contributed by atoms with Gasteiger partial charge in [0.05, 0.1) is 18.5 Å². The van der Waals surface area contributed by atoms with Crippen LogP contribution in [0.15, 0.2) is 0 Å². The Hall–Kier alpha value is -1.28. The first-order valence-electron chi connectivity index (χ1n) is 4.97. The molecule has 1 fully saturated rings. The number of nitriles is 1. The lowest BCUT2D eigenvalue weighted by Gasteiger charge is -2.45. The van der Waals surface area contributed by atoms with Gasteiger partial charge >= 0.3 is 6.09 Å². The molecule has 0 bridgehead atoms. The highest BCUT2D eigenvalue weighted by molar-refractivity contribution is 5.70. The van der Waals surface area contributed by atoms with E-state index in [9.17, 15) is 4.79 Å². The largest absolute Gasteiger partial charge is 0.444 e. The average Bonchev–Trinajstić information content (AvgIpc) is 2.07. The fourth-order valence-electron chi connectivity index (χ4n) is 1.46. The van der Waals surface area contributed by atoms with Crippen molar-refractivity contribution in [2.75, 3.05) is 6.54 Å². The Kier molecular flexibility index (Phi) is 3.20. The van der Waals surface area contributed by atoms with Crippen LogP contribution in [0.5, 0.6) is 0 Å². The third-order valence-corrected chi connectivity index (χ3v) is 2.23. The Balaban J connectivity index is 2.52. The summed E-state index contributed by atoms with van der Waals surface area (Å²) in [5.74, 6) is 0. The molecule has 0 saturated carbocycles. The molecule has 0 aromatic carbocycles. The highest BCUT2D eigenvalue weighted by Gasteiger charge is 2.41. The third kappa shape index (κ3) is 2.83. The van der Waals surface area contributed by atoms with Gasteiger partial charge < -0.3 is 15.4 Å². The second-order valence-electron chi connectivity index (χ2n) is 4.73. The maximum absolute atomic E-state index is 11.6. The standard InChI is InChI=1S/C10H17N3O2/c1-10(2,3)15-9(14)13-6-7(12)8(13)4-5-11/h7-8H,4,6,12H2,1-3H3. The average molecular weight is 211 g/mol. The summed E-state index contributed by atoms with van der Waals surface area (Å²) >= 11 is 0. The van der Waals surface area contributed by atoms with Crippen LogP contribution in [0.25, 0.3) is 0 Å². The van der Waals surface area contributed by atoms with Crippen LogP contribution >= 0.6 is 0 Å². The summed E-state index contributed by atoms with van der Waals surface area (Å²) < 4.78 is 5.19. The van der Waals surface area contributed by atoms with E-state index in [-0.39, 0.29) is 24.6 Å². The van der Waals surface area contributed by atoms with Gasteiger partial charge in [-0.25, -0.2) is 4.79 Å². The van der Waals surface area contributed by atoms with Gasteiger partial charge in [-0.2, -0.15) is 5.26 Å². The number of amides is 1. The monoisotopic (exact) mass is 211 g/mol. The fourth-order valence-corrected chi connectivity index (χ4v) is 1.46. The molecule has 2 N–H and O–H groups in total. The second-order valence-corrected chi connectivity index (χ2v) is 4.73. The number of carbonyl (C=O) groups is 1. The number of hydrogen-bond acceptors (Lipinski definition) is 4. The Bertz CT molecular complexity index is 290. The van der Waals surface area contributed by atoms with Gasteiger partial charge in [-0.3, -0.25) is 0 Å². The summed E-state index contributed by atoms with van der Waals surface area (Å²) in [5, 5.41) is 8.57. The molecule has 0 aromatic rings. The van der Waals surface area contributed by atoms with Gasteiger partial charge in [0.25, 0.3) is 0 Å². The molecule has 5 nitrogen and oxygen atoms in total. The number of carbonyl (C=O) groups excluding carboxylic acids is 1. The van der Waals surface area contributed by atoms with Gasteiger partial charge in [-0.05, 0) is 20.8 Å². The van der Waals surface area contributed by atoms with Crippen molar-refractivity contribution in [1.82, 2.24) is 4.90 Å². The van der Waals surface area contributed by atoms with Gasteiger partial charge in [0.1, 0.15) is 5.60 Å². The second kappa shape index (κ2) is 4.07. The predicted molar refractivity (Wildman–Crippen MR) is 54.9 cm³/mol. The minimum absolute atomic E-state index is 0.0998. The molecular weight excluding hydrogens is 194 g/mol. The molecule has 5 heteroatoms. The van der Waals surface area contributed by atoms with Gasteiger partial charge in [-0.15, -0.1) is 0 Å². The fraction of sp³-hybridized carbons (Fsp3) is 0.800. The van der Waals surface area contributed by atoms with Crippen molar-refractivity contribution >= 4 is 6.09 Å². The van der Waals surface area contributed by atoms with Crippen molar-refractivity contribution in [2.24, 2.45) is 5.73 Å². The van der Waals surface area contributed by atoms with Crippen molar-refractivity contribution in [1.29, 1.82) is 5.26 Å². The van der Waals surface area contributed by atoms with Crippen LogP contribution in [-0.2, 0) is 4.74 Å². The lowest BCUT2D eigenvalue weighted by Crippen LogP contribution is -2.66. The first-order chi connectivity index (χ1) is 6.85. The van der Waals surface area contributed by atoms with Crippen LogP contribution in [0.3, 0.4) is 0 Å². The van der Waals surface area contributed by atoms with Gasteiger partial charge in [0, 0.05) is 12.6 Å². The molecule has 1 aliphatic rings. The van der Waals surface area contributed by atoms with E-state index in [1.54, 1.807) is 0 Å². The number of ether oxygens (including phenoxy) is 1. The molecule has 1 amide bonds. The van der Waals surface area contributed by atoms with Crippen LogP contribution in [0, 0.1) is 11.3 Å². The van der Waals surface area contributed by atoms with Crippen molar-refractivity contribution in [3.63, 3.8) is 0 Å². The molecule has 84 valence electrons. The summed E-state index contributed by atoms with van der Waals surface area (Å²) in [6.45, 7) is 5.90. The molecule has 0 aromatic heterocycles. The lowest BCUT2D eigenvalue weighted by molar-refractivity contribution is -0.0115. The number of nitrogens with two attached hydrogens (primary N) is 1. The molecule has 1 aliphatic heterocycles. The predicted octanol–water partition coefficient (Wildman–Crippen LogP) is 0.847. The van der Waals surface area contributed by atoms with Crippen molar-refractivity contribution in [2.45, 2.75) is 44.9 Å². The van der Waals surface area contributed by atoms with Gasteiger partial charge in [0.15, 0.2) is 0 Å². The van der Waals surface area contributed by atoms with Crippen LogP contribution in [-0.4, -0.2) is 35.2 Å². The quantitative estimate of drug-likeness (QED) is 0.697. The first-order valence-corrected chi connectivity index (χ1v) is 4.97. The summed E-state index contributed by atoms with van der Waals surface area (Å²) in [6, 6.07) is 1.73. The molecular formula is C10H17N3O2. The van der Waals surface area contributed by atoms with Crippen LogP contribution in [0.1, 0.15) is 27.2 Å². The SMILES string of the molecule is CC(C)(C)OC(=O)N1CC(N)C1CC#N. The van der Waals surface area contributed by atoms with E-state index in [0.717, 1.165) is 0 Å². The summed E-state index contributed by atoms with van der Waals surface area (Å²) in [4.78, 5) is 13.1. The zero-order valence-corrected chi connectivity index (χ0v) is 9.36. The lowest BCUT2D eigenvalue weighted by atomic mass is 9.95. The highest BCUT2D eigenvalue weighted by atomic mass is 16.6. The molecule has 0 aliphatic carbocycles. The van der Waals surface area contributed by atoms with E-state index in [1.165, 1.54) is 4.90 Å². The Morgan fingerprint density at radius 2 is 2.27 bits per heavy atom. The molecule has 0 spiro atoms. The molecule has 1 saturated heterocycles. The minimum Gasteiger partial charge on any atom is -0.444 e. The minimum atomic E-state index is -0.506. The summed E-state index contributed by atoms with van der Waals surface area (Å²) in [5.41, 5.74) is 5.19. The maximum Gasteiger partial charge on any atom is 0.410 e. The molecule has 2 atom stereocenters. The van der Waals surface area contributed by atoms with Crippen LogP contribution in [0.2, 0.25) is 0 Å². The zero-order valence-electron chi connectivity index (χ0n) is 9.36. The molecule has 1 heterocycles. The summed E-state index contributed by atoms with van der Waals surface area (Å²) in [6.07, 6.45) is -0.120. The van der Waals surface area contributed by atoms with E-state index < -0.39 is 5.60 Å². The normalized spacial score (nSPS) is 25.4. The van der Waals surface area contributed by atoms with E-state index in [1.807, 2.05) is 26.8 Å². The van der Waals surface area contributed by atoms with E-state index in [2.05, 4.69) is 0 Å². The Labute approximate surface area is 89.8 Å². The number of hydrogen-bond donors (Lipinski definition) is 1. The van der Waals surface area contributed by atoms with Crippen molar-refractivity contribution in [3.8, 4) is 6.07 Å². The van der Waals surface area contributed by atoms with Crippen molar-refractivity contribution < 1.29 is 9.53 Å². The zero-order chi connectivity index (χ0) is 11.6. The smallest absolute Gasteiger partial charge is 0.410 e. The molecule has 0 radical (unpaired) electrons. The van der Waals surface area contributed by atoms with Gasteiger partial charge in [0.2, 0.25) is 0 Å². The number of likely N-dealkylation sites (tertiary alicyclic amines) is 1. The number of rotatable bonds is 1. The van der Waals surface area contributed by atoms with Crippen LogP contribution in [0.4, 0.5) is 4.79 Å². The summed E-state index contributed by atoms with van der Waals surface area (Å²) in [7, 11) is 0. The Morgan fingerprint density at radius 1 is 1.67 bits per heavy atom. The van der Waals surface area contributed by atoms with Gasteiger partial charge in [-0.1, -0.05) is 0 Å². The third-order valence-electron chi connectivity index (χ3n) is 2.23. The maximum atomic E-state index is 11.6. The highest BCUT2D eigenvalue weighted by Crippen LogP contribution is 2.22. The molecule has 2 unspecified atom stereocenters. The topological polar surface area (TPSA) is 79.3 Å². The van der Waals surface area contributed by atoms with E-state index >= 15 is 0 Å². The molecule has 1 rings (SSSR count). The first kappa shape index (κ1) is 11.8. The van der Waals surface area contributed by atoms with E-state index in [0.29, 0.717) is 6.54 Å². The number of nitrogens with zero attached hydrogens (tertiary/aromatic N) is 2. The molecule has 15 heavy (non-hydrogen) atoms. The van der Waals surface area contributed by atoms with Crippen molar-refractivity contribution in [3.05, 3.63) is 0 Å².